The van der Waals surface area contributed by atoms with Crippen LogP contribution in [0.5, 0.6) is 0 Å². The molecule has 1 atom stereocenters. The molecular formula is C16H24F2N2O. The Balaban J connectivity index is 2.58. The third-order valence-electron chi connectivity index (χ3n) is 3.48. The maximum Gasteiger partial charge on any atom is 0.254 e. The zero-order chi connectivity index (χ0) is 15.8. The van der Waals surface area contributed by atoms with Crippen LogP contribution < -0.4 is 11.1 Å². The Labute approximate surface area is 124 Å². The summed E-state index contributed by atoms with van der Waals surface area (Å²) in [6.45, 7) is 4.10. The van der Waals surface area contributed by atoms with Crippen molar-refractivity contribution in [3.05, 3.63) is 29.3 Å². The van der Waals surface area contributed by atoms with E-state index >= 15 is 0 Å². The van der Waals surface area contributed by atoms with E-state index in [9.17, 15) is 13.6 Å². The van der Waals surface area contributed by atoms with Gasteiger partial charge in [-0.3, -0.25) is 4.79 Å². The van der Waals surface area contributed by atoms with Gasteiger partial charge in [-0.1, -0.05) is 39.0 Å². The van der Waals surface area contributed by atoms with Crippen LogP contribution in [-0.4, -0.2) is 11.9 Å². The number of primary amides is 1. The molecule has 0 bridgehead atoms. The molecule has 1 aromatic rings. The molecule has 3 N–H and O–H groups in total. The summed E-state index contributed by atoms with van der Waals surface area (Å²) in [5, 5.41) is 2.97. The molecule has 0 radical (unpaired) electrons. The lowest BCUT2D eigenvalue weighted by Crippen LogP contribution is -2.20. The quantitative estimate of drug-likeness (QED) is 0.670. The summed E-state index contributed by atoms with van der Waals surface area (Å²) in [5.74, 6) is -2.95. The van der Waals surface area contributed by atoms with E-state index in [1.165, 1.54) is 25.3 Å². The molecule has 0 aromatic heterocycles. The molecule has 0 fully saturated rings. The van der Waals surface area contributed by atoms with Gasteiger partial charge in [0.2, 0.25) is 0 Å². The molecule has 0 saturated carbocycles. The minimum absolute atomic E-state index is 0.0484. The molecule has 0 aliphatic carbocycles. The van der Waals surface area contributed by atoms with Gasteiger partial charge in [0.05, 0.1) is 5.69 Å². The van der Waals surface area contributed by atoms with Gasteiger partial charge in [0.25, 0.3) is 5.91 Å². The average Bonchev–Trinajstić information content (AvgIpc) is 2.41. The SMILES string of the molecule is CCCCCCCC(C)Nc1ccc(F)c(C(N)=O)c1F. The normalized spacial score (nSPS) is 12.2. The van der Waals surface area contributed by atoms with Crippen molar-refractivity contribution >= 4 is 11.6 Å². The first-order valence-corrected chi connectivity index (χ1v) is 7.51. The van der Waals surface area contributed by atoms with Crippen LogP contribution in [0.1, 0.15) is 62.7 Å². The molecule has 0 spiro atoms. The van der Waals surface area contributed by atoms with Crippen LogP contribution in [0.2, 0.25) is 0 Å². The first kappa shape index (κ1) is 17.4. The highest BCUT2D eigenvalue weighted by molar-refractivity contribution is 5.94. The van der Waals surface area contributed by atoms with E-state index < -0.39 is 23.1 Å². The smallest absolute Gasteiger partial charge is 0.254 e. The number of rotatable bonds is 9. The highest BCUT2D eigenvalue weighted by atomic mass is 19.1. The zero-order valence-corrected chi connectivity index (χ0v) is 12.7. The van der Waals surface area contributed by atoms with Crippen LogP contribution >= 0.6 is 0 Å². The van der Waals surface area contributed by atoms with E-state index in [2.05, 4.69) is 12.2 Å². The van der Waals surface area contributed by atoms with Crippen LogP contribution in [0.15, 0.2) is 12.1 Å². The van der Waals surface area contributed by atoms with Gasteiger partial charge in [-0.25, -0.2) is 8.78 Å². The Morgan fingerprint density at radius 2 is 1.90 bits per heavy atom. The lowest BCUT2D eigenvalue weighted by molar-refractivity contribution is 0.0992. The molecule has 0 aliphatic heterocycles. The molecular weight excluding hydrogens is 274 g/mol. The summed E-state index contributed by atoms with van der Waals surface area (Å²) in [4.78, 5) is 11.1. The van der Waals surface area contributed by atoms with Gasteiger partial charge >= 0.3 is 0 Å². The van der Waals surface area contributed by atoms with Crippen molar-refractivity contribution in [2.45, 2.75) is 58.4 Å². The van der Waals surface area contributed by atoms with Gasteiger partial charge in [0.15, 0.2) is 5.82 Å². The predicted molar refractivity (Wildman–Crippen MR) is 81.3 cm³/mol. The topological polar surface area (TPSA) is 55.1 Å². The van der Waals surface area contributed by atoms with Gasteiger partial charge < -0.3 is 11.1 Å². The first-order valence-electron chi connectivity index (χ1n) is 7.51. The second-order valence-corrected chi connectivity index (χ2v) is 5.40. The number of nitrogens with one attached hydrogen (secondary N) is 1. The molecule has 118 valence electrons. The van der Waals surface area contributed by atoms with Gasteiger partial charge in [0.1, 0.15) is 11.4 Å². The number of unbranched alkanes of at least 4 members (excludes halogenated alkanes) is 4. The third kappa shape index (κ3) is 5.33. The van der Waals surface area contributed by atoms with E-state index in [-0.39, 0.29) is 11.7 Å². The molecule has 21 heavy (non-hydrogen) atoms. The summed E-state index contributed by atoms with van der Waals surface area (Å²) in [6.07, 6.45) is 6.74. The van der Waals surface area contributed by atoms with Gasteiger partial charge in [0, 0.05) is 6.04 Å². The standard InChI is InChI=1S/C16H24F2N2O/c1-3-4-5-6-7-8-11(2)20-13-10-9-12(17)14(15(13)18)16(19)21/h9-11,20H,3-8H2,1-2H3,(H2,19,21). The second-order valence-electron chi connectivity index (χ2n) is 5.40. The van der Waals surface area contributed by atoms with Crippen molar-refractivity contribution < 1.29 is 13.6 Å². The molecule has 0 saturated heterocycles. The number of hydrogen-bond donors (Lipinski definition) is 2. The van der Waals surface area contributed by atoms with Crippen molar-refractivity contribution in [3.8, 4) is 0 Å². The fourth-order valence-corrected chi connectivity index (χ4v) is 2.28. The lowest BCUT2D eigenvalue weighted by atomic mass is 10.1. The molecule has 5 heteroatoms. The van der Waals surface area contributed by atoms with Gasteiger partial charge in [-0.15, -0.1) is 0 Å². The summed E-state index contributed by atoms with van der Waals surface area (Å²) in [5.41, 5.74) is 4.43. The largest absolute Gasteiger partial charge is 0.380 e. The number of nitrogens with two attached hydrogens (primary N) is 1. The van der Waals surface area contributed by atoms with Crippen molar-refractivity contribution in [2.75, 3.05) is 5.32 Å². The summed E-state index contributed by atoms with van der Waals surface area (Å²) >= 11 is 0. The van der Waals surface area contributed by atoms with Gasteiger partial charge in [-0.2, -0.15) is 0 Å². The van der Waals surface area contributed by atoms with Crippen LogP contribution in [0.3, 0.4) is 0 Å². The molecule has 1 amide bonds. The number of halogens is 2. The van der Waals surface area contributed by atoms with Crippen LogP contribution in [0.4, 0.5) is 14.5 Å². The number of amides is 1. The number of carbonyl (C=O) groups excluding carboxylic acids is 1. The minimum atomic E-state index is -1.10. The monoisotopic (exact) mass is 298 g/mol. The van der Waals surface area contributed by atoms with Gasteiger partial charge in [-0.05, 0) is 25.5 Å². The van der Waals surface area contributed by atoms with Crippen molar-refractivity contribution in [2.24, 2.45) is 5.73 Å². The molecule has 0 aliphatic rings. The van der Waals surface area contributed by atoms with Crippen LogP contribution in [-0.2, 0) is 0 Å². The Morgan fingerprint density at radius 1 is 1.24 bits per heavy atom. The van der Waals surface area contributed by atoms with Crippen LogP contribution in [0, 0.1) is 11.6 Å². The van der Waals surface area contributed by atoms with Crippen molar-refractivity contribution in [3.63, 3.8) is 0 Å². The van der Waals surface area contributed by atoms with E-state index in [4.69, 9.17) is 5.73 Å². The number of benzene rings is 1. The van der Waals surface area contributed by atoms with Crippen LogP contribution in [0.25, 0.3) is 0 Å². The molecule has 0 heterocycles. The Bertz CT molecular complexity index is 478. The first-order chi connectivity index (χ1) is 9.97. The predicted octanol–water partition coefficient (Wildman–Crippen LogP) is 4.22. The second kappa shape index (κ2) is 8.60. The third-order valence-corrected chi connectivity index (χ3v) is 3.48. The van der Waals surface area contributed by atoms with E-state index in [1.807, 2.05) is 6.92 Å². The summed E-state index contributed by atoms with van der Waals surface area (Å²) in [7, 11) is 0. The highest BCUT2D eigenvalue weighted by Gasteiger charge is 2.18. The molecule has 1 rings (SSSR count). The van der Waals surface area contributed by atoms with E-state index in [0.717, 1.165) is 25.3 Å². The molecule has 3 nitrogen and oxygen atoms in total. The fraction of sp³-hybridized carbons (Fsp3) is 0.562. The lowest BCUT2D eigenvalue weighted by Gasteiger charge is -2.16. The van der Waals surface area contributed by atoms with Crippen molar-refractivity contribution in [1.29, 1.82) is 0 Å². The number of hydrogen-bond acceptors (Lipinski definition) is 2. The summed E-state index contributed by atoms with van der Waals surface area (Å²) < 4.78 is 27.4. The van der Waals surface area contributed by atoms with Crippen molar-refractivity contribution in [1.82, 2.24) is 0 Å². The highest BCUT2D eigenvalue weighted by Crippen LogP contribution is 2.22. The van der Waals surface area contributed by atoms with E-state index in [1.54, 1.807) is 0 Å². The minimum Gasteiger partial charge on any atom is -0.380 e. The Morgan fingerprint density at radius 3 is 2.52 bits per heavy atom. The summed E-state index contributed by atoms with van der Waals surface area (Å²) in [6, 6.07) is 2.40. The number of carbonyl (C=O) groups is 1. The molecule has 1 aromatic carbocycles. The zero-order valence-electron chi connectivity index (χ0n) is 12.7. The maximum absolute atomic E-state index is 14.0. The Kier molecular flexibility index (Phi) is 7.12. The number of anilines is 1. The molecule has 1 unspecified atom stereocenters. The van der Waals surface area contributed by atoms with E-state index in [0.29, 0.717) is 0 Å². The maximum atomic E-state index is 14.0. The average molecular weight is 298 g/mol. The fourth-order valence-electron chi connectivity index (χ4n) is 2.28. The Hall–Kier alpha value is -1.65.